The Morgan fingerprint density at radius 1 is 1.20 bits per heavy atom. The van der Waals surface area contributed by atoms with Crippen LogP contribution in [0.15, 0.2) is 30.6 Å². The summed E-state index contributed by atoms with van der Waals surface area (Å²) in [4.78, 5) is 47.1. The predicted octanol–water partition coefficient (Wildman–Crippen LogP) is 1.90. The van der Waals surface area contributed by atoms with E-state index >= 15 is 0 Å². The summed E-state index contributed by atoms with van der Waals surface area (Å²) >= 11 is 0. The number of carbonyl (C=O) groups is 3. The van der Waals surface area contributed by atoms with Gasteiger partial charge in [0.05, 0.1) is 30.4 Å². The van der Waals surface area contributed by atoms with E-state index in [0.717, 1.165) is 22.7 Å². The van der Waals surface area contributed by atoms with E-state index in [9.17, 15) is 14.4 Å². The Balaban J connectivity index is 1.49. The van der Waals surface area contributed by atoms with Crippen molar-refractivity contribution in [3.8, 4) is 5.75 Å². The first kappa shape index (κ1) is 23.4. The van der Waals surface area contributed by atoms with E-state index in [1.165, 1.54) is 0 Å². The zero-order valence-electron chi connectivity index (χ0n) is 20.2. The Hall–Kier alpha value is -3.36. The molecule has 1 saturated heterocycles. The molecule has 3 aliphatic heterocycles. The second-order valence-corrected chi connectivity index (χ2v) is 9.52. The topological polar surface area (TPSA) is 96.8 Å². The maximum atomic E-state index is 13.9. The number of piperidine rings is 1. The van der Waals surface area contributed by atoms with Crippen molar-refractivity contribution in [1.29, 1.82) is 0 Å². The molecule has 0 spiro atoms. The lowest BCUT2D eigenvalue weighted by Crippen LogP contribution is -2.48. The first-order valence-corrected chi connectivity index (χ1v) is 12.7. The molecule has 2 aromatic rings. The van der Waals surface area contributed by atoms with Crippen LogP contribution in [0.3, 0.4) is 0 Å². The molecule has 3 amide bonds. The Labute approximate surface area is 205 Å². The number of nitrogens with one attached hydrogen (secondary N) is 1. The minimum absolute atomic E-state index is 0.0775. The standard InChI is InChI=1S/C26H33N5O4/c1-2-23(33)29-11-7-18(8-12-29)26(34)31-13-9-21-25-24(31)19-5-3-6-20(15-19)35-14-4-10-27-22(32)16-30(25)17-28-21/h3,5-6,15,17-18,24H,2,4,7-14,16H2,1H3,(H,27,32). The summed E-state index contributed by atoms with van der Waals surface area (Å²) in [5, 5.41) is 2.95. The Kier molecular flexibility index (Phi) is 6.74. The maximum Gasteiger partial charge on any atom is 0.239 e. The van der Waals surface area contributed by atoms with E-state index in [1.807, 2.05) is 45.6 Å². The van der Waals surface area contributed by atoms with E-state index in [4.69, 9.17) is 4.74 Å². The molecular weight excluding hydrogens is 446 g/mol. The Morgan fingerprint density at radius 2 is 2.03 bits per heavy atom. The zero-order chi connectivity index (χ0) is 24.4. The fourth-order valence-corrected chi connectivity index (χ4v) is 5.45. The van der Waals surface area contributed by atoms with Gasteiger partial charge in [0.25, 0.3) is 0 Å². The molecule has 3 aliphatic rings. The number of fused-ring (bicyclic) bond motifs is 3. The summed E-state index contributed by atoms with van der Waals surface area (Å²) in [6, 6.07) is 7.57. The number of amides is 3. The van der Waals surface area contributed by atoms with Crippen LogP contribution in [0.5, 0.6) is 5.75 Å². The van der Waals surface area contributed by atoms with Crippen LogP contribution in [0.2, 0.25) is 0 Å². The highest BCUT2D eigenvalue weighted by Gasteiger charge is 2.39. The molecule has 1 N–H and O–H groups in total. The van der Waals surface area contributed by atoms with Crippen LogP contribution >= 0.6 is 0 Å². The van der Waals surface area contributed by atoms with Crippen LogP contribution in [0.25, 0.3) is 0 Å². The second-order valence-electron chi connectivity index (χ2n) is 9.52. The molecule has 1 fully saturated rings. The molecule has 9 heteroatoms. The van der Waals surface area contributed by atoms with Crippen molar-refractivity contribution in [3.05, 3.63) is 47.5 Å². The van der Waals surface area contributed by atoms with Crippen LogP contribution < -0.4 is 10.1 Å². The SMILES string of the molecule is CCC(=O)N1CCC(C(=O)N2CCc3ncn4c3C2c2cccc(c2)OCCCNC(=O)C4)CC1. The minimum Gasteiger partial charge on any atom is -0.494 e. The van der Waals surface area contributed by atoms with Gasteiger partial charge in [-0.1, -0.05) is 19.1 Å². The Bertz CT molecular complexity index is 1100. The molecule has 0 radical (unpaired) electrons. The number of benzene rings is 1. The zero-order valence-corrected chi connectivity index (χ0v) is 20.2. The fourth-order valence-electron chi connectivity index (χ4n) is 5.45. The van der Waals surface area contributed by atoms with Gasteiger partial charge in [-0.25, -0.2) is 4.98 Å². The van der Waals surface area contributed by atoms with Crippen LogP contribution in [0.1, 0.15) is 55.6 Å². The average Bonchev–Trinajstić information content (AvgIpc) is 3.29. The molecular formula is C26H33N5O4. The van der Waals surface area contributed by atoms with Gasteiger partial charge in [0.2, 0.25) is 17.7 Å². The number of rotatable bonds is 2. The van der Waals surface area contributed by atoms with Gasteiger partial charge in [0, 0.05) is 44.9 Å². The monoisotopic (exact) mass is 479 g/mol. The van der Waals surface area contributed by atoms with E-state index in [0.29, 0.717) is 64.9 Å². The van der Waals surface area contributed by atoms with E-state index in [2.05, 4.69) is 10.3 Å². The Morgan fingerprint density at radius 3 is 2.83 bits per heavy atom. The second kappa shape index (κ2) is 10.1. The smallest absolute Gasteiger partial charge is 0.239 e. The van der Waals surface area contributed by atoms with Crippen LogP contribution in [-0.4, -0.2) is 69.9 Å². The molecule has 1 atom stereocenters. The third-order valence-corrected chi connectivity index (χ3v) is 7.30. The molecule has 2 bridgehead atoms. The first-order chi connectivity index (χ1) is 17.0. The highest BCUT2D eigenvalue weighted by atomic mass is 16.5. The largest absolute Gasteiger partial charge is 0.494 e. The summed E-state index contributed by atoms with van der Waals surface area (Å²) in [6.07, 6.45) is 4.92. The number of hydrogen-bond acceptors (Lipinski definition) is 5. The van der Waals surface area contributed by atoms with Crippen molar-refractivity contribution >= 4 is 17.7 Å². The summed E-state index contributed by atoms with van der Waals surface area (Å²) in [6.45, 7) is 4.89. The molecule has 35 heavy (non-hydrogen) atoms. The molecule has 4 heterocycles. The number of ether oxygens (including phenoxy) is 1. The van der Waals surface area contributed by atoms with Crippen LogP contribution in [0, 0.1) is 5.92 Å². The highest BCUT2D eigenvalue weighted by molar-refractivity contribution is 5.81. The van der Waals surface area contributed by atoms with E-state index in [-0.39, 0.29) is 36.2 Å². The van der Waals surface area contributed by atoms with E-state index < -0.39 is 0 Å². The van der Waals surface area contributed by atoms with Gasteiger partial charge >= 0.3 is 0 Å². The average molecular weight is 480 g/mol. The number of imidazole rings is 1. The van der Waals surface area contributed by atoms with Gasteiger partial charge in [-0.05, 0) is 37.0 Å². The minimum atomic E-state index is -0.346. The van der Waals surface area contributed by atoms with Gasteiger partial charge in [-0.3, -0.25) is 14.4 Å². The lowest BCUT2D eigenvalue weighted by atomic mass is 9.90. The van der Waals surface area contributed by atoms with Crippen molar-refractivity contribution in [2.45, 2.75) is 51.6 Å². The summed E-state index contributed by atoms with van der Waals surface area (Å²) in [5.74, 6) is 0.808. The van der Waals surface area contributed by atoms with Crippen LogP contribution in [0.4, 0.5) is 0 Å². The number of likely N-dealkylation sites (tertiary alicyclic amines) is 1. The maximum absolute atomic E-state index is 13.9. The van der Waals surface area contributed by atoms with Gasteiger partial charge < -0.3 is 24.4 Å². The quantitative estimate of drug-likeness (QED) is 0.710. The molecule has 5 rings (SSSR count). The summed E-state index contributed by atoms with van der Waals surface area (Å²) < 4.78 is 7.84. The molecule has 0 saturated carbocycles. The number of nitrogens with zero attached hydrogens (tertiary/aromatic N) is 4. The highest BCUT2D eigenvalue weighted by Crippen LogP contribution is 2.38. The molecule has 0 aliphatic carbocycles. The van der Waals surface area contributed by atoms with Crippen molar-refractivity contribution in [2.24, 2.45) is 5.92 Å². The molecule has 1 aromatic heterocycles. The third-order valence-electron chi connectivity index (χ3n) is 7.30. The lowest BCUT2D eigenvalue weighted by molar-refractivity contribution is -0.142. The van der Waals surface area contributed by atoms with Crippen LogP contribution in [-0.2, 0) is 27.3 Å². The molecule has 186 valence electrons. The van der Waals surface area contributed by atoms with Crippen molar-refractivity contribution in [3.63, 3.8) is 0 Å². The first-order valence-electron chi connectivity index (χ1n) is 12.7. The number of hydrogen-bond donors (Lipinski definition) is 1. The predicted molar refractivity (Wildman–Crippen MR) is 129 cm³/mol. The van der Waals surface area contributed by atoms with Crippen molar-refractivity contribution in [1.82, 2.24) is 24.7 Å². The third kappa shape index (κ3) is 4.76. The number of aromatic nitrogens is 2. The normalized spacial score (nSPS) is 21.1. The van der Waals surface area contributed by atoms with Gasteiger partial charge in [-0.2, -0.15) is 0 Å². The van der Waals surface area contributed by atoms with E-state index in [1.54, 1.807) is 6.33 Å². The summed E-state index contributed by atoms with van der Waals surface area (Å²) in [5.41, 5.74) is 2.78. The van der Waals surface area contributed by atoms with Gasteiger partial charge in [-0.15, -0.1) is 0 Å². The van der Waals surface area contributed by atoms with Crippen molar-refractivity contribution < 1.29 is 19.1 Å². The number of carbonyl (C=O) groups excluding carboxylic acids is 3. The lowest BCUT2D eigenvalue weighted by Gasteiger charge is -2.40. The molecule has 1 unspecified atom stereocenters. The van der Waals surface area contributed by atoms with Crippen molar-refractivity contribution in [2.75, 3.05) is 32.8 Å². The fraction of sp³-hybridized carbons (Fsp3) is 0.538. The molecule has 9 nitrogen and oxygen atoms in total. The van der Waals surface area contributed by atoms with Gasteiger partial charge in [0.1, 0.15) is 12.3 Å². The molecule has 1 aromatic carbocycles. The van der Waals surface area contributed by atoms with Gasteiger partial charge in [0.15, 0.2) is 0 Å². The summed E-state index contributed by atoms with van der Waals surface area (Å²) in [7, 11) is 0.